The summed E-state index contributed by atoms with van der Waals surface area (Å²) >= 11 is 0. The average Bonchev–Trinajstić information content (AvgIpc) is 3.40. The van der Waals surface area contributed by atoms with Crippen molar-refractivity contribution in [2.75, 3.05) is 26.1 Å². The van der Waals surface area contributed by atoms with Crippen LogP contribution in [0.5, 0.6) is 23.0 Å². The number of hydrogen-bond donors (Lipinski definition) is 1. The highest BCUT2D eigenvalue weighted by molar-refractivity contribution is 5.85. The van der Waals surface area contributed by atoms with Crippen LogP contribution >= 0.6 is 0 Å². The number of methoxy groups -OCH3 is 2. The van der Waals surface area contributed by atoms with Gasteiger partial charge in [-0.3, -0.25) is 0 Å². The van der Waals surface area contributed by atoms with Gasteiger partial charge in [-0.1, -0.05) is 30.3 Å². The van der Waals surface area contributed by atoms with Gasteiger partial charge in [0.25, 0.3) is 0 Å². The van der Waals surface area contributed by atoms with Crippen molar-refractivity contribution in [3.63, 3.8) is 0 Å². The molecule has 1 aromatic heterocycles. The van der Waals surface area contributed by atoms with E-state index in [9.17, 15) is 0 Å². The van der Waals surface area contributed by atoms with Crippen molar-refractivity contribution >= 4 is 11.6 Å². The highest BCUT2D eigenvalue weighted by atomic mass is 16.5. The Bertz CT molecular complexity index is 1460. The van der Waals surface area contributed by atoms with Crippen molar-refractivity contribution in [3.8, 4) is 23.0 Å². The number of para-hydroxylation sites is 1. The standard InChI is InChI=1S/C28H26N4O4/c1-4-35-22-13-12-17(15-23(22)34-3)26-24-25(31-28-29-16-30-32(26)28)20-10-5-6-11-21(20)36-27(24)18-8-7-9-19(14-18)33-2/h5-16,26-27H,4H2,1-3H3,(H,29,30,31)/t26-,27-/m1/s1. The molecule has 0 radical (unpaired) electrons. The normalized spacial score (nSPS) is 17.8. The largest absolute Gasteiger partial charge is 0.497 e. The first-order valence-electron chi connectivity index (χ1n) is 11.8. The van der Waals surface area contributed by atoms with Gasteiger partial charge in [-0.15, -0.1) is 0 Å². The predicted molar refractivity (Wildman–Crippen MR) is 136 cm³/mol. The van der Waals surface area contributed by atoms with Crippen LogP contribution in [0.2, 0.25) is 0 Å². The molecule has 0 unspecified atom stereocenters. The Morgan fingerprint density at radius 2 is 1.83 bits per heavy atom. The van der Waals surface area contributed by atoms with Gasteiger partial charge in [0.2, 0.25) is 5.95 Å². The van der Waals surface area contributed by atoms with Gasteiger partial charge in [-0.2, -0.15) is 10.1 Å². The third-order valence-corrected chi connectivity index (χ3v) is 6.52. The first-order chi connectivity index (χ1) is 17.7. The van der Waals surface area contributed by atoms with E-state index in [1.807, 2.05) is 66.2 Å². The molecule has 182 valence electrons. The Morgan fingerprint density at radius 1 is 0.944 bits per heavy atom. The number of nitrogens with one attached hydrogen (secondary N) is 1. The summed E-state index contributed by atoms with van der Waals surface area (Å²) in [7, 11) is 3.31. The van der Waals surface area contributed by atoms with Gasteiger partial charge >= 0.3 is 0 Å². The summed E-state index contributed by atoms with van der Waals surface area (Å²) in [4.78, 5) is 4.50. The number of nitrogens with zero attached hydrogens (tertiary/aromatic N) is 3. The third-order valence-electron chi connectivity index (χ3n) is 6.52. The molecule has 4 aromatic rings. The van der Waals surface area contributed by atoms with Crippen LogP contribution in [-0.4, -0.2) is 35.6 Å². The summed E-state index contributed by atoms with van der Waals surface area (Å²) in [6.07, 6.45) is 1.17. The Hall–Kier alpha value is -4.46. The fourth-order valence-corrected chi connectivity index (χ4v) is 4.95. The molecule has 1 N–H and O–H groups in total. The van der Waals surface area contributed by atoms with E-state index in [-0.39, 0.29) is 6.04 Å². The van der Waals surface area contributed by atoms with E-state index in [1.54, 1.807) is 20.5 Å². The lowest BCUT2D eigenvalue weighted by Crippen LogP contribution is -2.32. The van der Waals surface area contributed by atoms with Crippen LogP contribution in [0.15, 0.2) is 78.6 Å². The predicted octanol–water partition coefficient (Wildman–Crippen LogP) is 5.25. The Kier molecular flexibility index (Phi) is 5.48. The van der Waals surface area contributed by atoms with Crippen LogP contribution in [-0.2, 0) is 0 Å². The summed E-state index contributed by atoms with van der Waals surface area (Å²) in [5.41, 5.74) is 4.91. The second-order valence-electron chi connectivity index (χ2n) is 8.50. The zero-order chi connectivity index (χ0) is 24.6. The SMILES string of the molecule is CCOc1ccc([C@@H]2C3=C(Nc4ncnn42)c2ccccc2O[C@@H]3c2cccc(OC)c2)cc1OC. The molecule has 0 spiro atoms. The zero-order valence-electron chi connectivity index (χ0n) is 20.3. The molecule has 2 atom stereocenters. The zero-order valence-corrected chi connectivity index (χ0v) is 20.3. The number of anilines is 1. The monoisotopic (exact) mass is 482 g/mol. The maximum atomic E-state index is 6.68. The van der Waals surface area contributed by atoms with Crippen LogP contribution in [0.1, 0.15) is 35.8 Å². The average molecular weight is 483 g/mol. The Morgan fingerprint density at radius 3 is 2.67 bits per heavy atom. The van der Waals surface area contributed by atoms with Crippen molar-refractivity contribution in [3.05, 3.63) is 95.3 Å². The molecule has 2 aliphatic heterocycles. The number of aromatic nitrogens is 3. The van der Waals surface area contributed by atoms with Gasteiger partial charge in [0.1, 0.15) is 30.0 Å². The molecule has 0 aliphatic carbocycles. The number of ether oxygens (including phenoxy) is 4. The van der Waals surface area contributed by atoms with Crippen LogP contribution in [0.25, 0.3) is 5.70 Å². The van der Waals surface area contributed by atoms with Crippen molar-refractivity contribution in [2.24, 2.45) is 0 Å². The Balaban J connectivity index is 1.59. The number of benzene rings is 3. The molecule has 0 bridgehead atoms. The summed E-state index contributed by atoms with van der Waals surface area (Å²) in [5, 5.41) is 8.12. The second-order valence-corrected chi connectivity index (χ2v) is 8.50. The lowest BCUT2D eigenvalue weighted by atomic mass is 9.84. The van der Waals surface area contributed by atoms with Gasteiger partial charge in [-0.05, 0) is 48.9 Å². The topological polar surface area (TPSA) is 79.7 Å². The van der Waals surface area contributed by atoms with Gasteiger partial charge in [-0.25, -0.2) is 4.68 Å². The second kappa shape index (κ2) is 8.96. The number of fused-ring (bicyclic) bond motifs is 3. The van der Waals surface area contributed by atoms with Crippen molar-refractivity contribution < 1.29 is 18.9 Å². The van der Waals surface area contributed by atoms with Crippen molar-refractivity contribution in [1.29, 1.82) is 0 Å². The molecule has 8 heteroatoms. The lowest BCUT2D eigenvalue weighted by Gasteiger charge is -2.39. The van der Waals surface area contributed by atoms with E-state index in [1.165, 1.54) is 0 Å². The molecule has 2 aliphatic rings. The first kappa shape index (κ1) is 22.0. The number of hydrogen-bond acceptors (Lipinski definition) is 7. The highest BCUT2D eigenvalue weighted by Gasteiger charge is 2.41. The van der Waals surface area contributed by atoms with Crippen molar-refractivity contribution in [2.45, 2.75) is 19.1 Å². The molecule has 0 amide bonds. The minimum atomic E-state index is -0.391. The molecule has 0 saturated carbocycles. The molecular weight excluding hydrogens is 456 g/mol. The van der Waals surface area contributed by atoms with E-state index >= 15 is 0 Å². The fraction of sp³-hybridized carbons (Fsp3) is 0.214. The minimum absolute atomic E-state index is 0.298. The van der Waals surface area contributed by atoms with Crippen LogP contribution < -0.4 is 24.3 Å². The van der Waals surface area contributed by atoms with Crippen molar-refractivity contribution in [1.82, 2.24) is 14.8 Å². The summed E-state index contributed by atoms with van der Waals surface area (Å²) in [5.74, 6) is 3.58. The van der Waals surface area contributed by atoms with E-state index in [4.69, 9.17) is 18.9 Å². The van der Waals surface area contributed by atoms with Crippen LogP contribution in [0, 0.1) is 0 Å². The Labute approximate surface area is 209 Å². The molecule has 0 fully saturated rings. The van der Waals surface area contributed by atoms with Gasteiger partial charge < -0.3 is 24.3 Å². The maximum absolute atomic E-state index is 6.68. The molecule has 36 heavy (non-hydrogen) atoms. The summed E-state index contributed by atoms with van der Waals surface area (Å²) in [6.45, 7) is 2.50. The van der Waals surface area contributed by atoms with Gasteiger partial charge in [0.15, 0.2) is 11.5 Å². The van der Waals surface area contributed by atoms with Crippen LogP contribution in [0.3, 0.4) is 0 Å². The van der Waals surface area contributed by atoms with E-state index in [0.29, 0.717) is 24.1 Å². The third kappa shape index (κ3) is 3.53. The first-order valence-corrected chi connectivity index (χ1v) is 11.8. The van der Waals surface area contributed by atoms with E-state index in [2.05, 4.69) is 27.5 Å². The fourth-order valence-electron chi connectivity index (χ4n) is 4.95. The van der Waals surface area contributed by atoms with Gasteiger partial charge in [0, 0.05) is 16.7 Å². The smallest absolute Gasteiger partial charge is 0.226 e. The van der Waals surface area contributed by atoms with Crippen LogP contribution in [0.4, 0.5) is 5.95 Å². The number of rotatable bonds is 6. The molecular formula is C28H26N4O4. The van der Waals surface area contributed by atoms with E-state index in [0.717, 1.165) is 39.5 Å². The molecule has 8 nitrogen and oxygen atoms in total. The lowest BCUT2D eigenvalue weighted by molar-refractivity contribution is 0.222. The van der Waals surface area contributed by atoms with Gasteiger partial charge in [0.05, 0.1) is 26.5 Å². The molecule has 0 saturated heterocycles. The maximum Gasteiger partial charge on any atom is 0.226 e. The van der Waals surface area contributed by atoms with E-state index < -0.39 is 6.10 Å². The summed E-state index contributed by atoms with van der Waals surface area (Å²) in [6, 6.07) is 21.7. The minimum Gasteiger partial charge on any atom is -0.497 e. The quantitative estimate of drug-likeness (QED) is 0.402. The summed E-state index contributed by atoms with van der Waals surface area (Å²) < 4.78 is 25.5. The molecule has 3 heterocycles. The highest BCUT2D eigenvalue weighted by Crippen LogP contribution is 2.51. The molecule has 6 rings (SSSR count). The molecule has 3 aromatic carbocycles.